The van der Waals surface area contributed by atoms with Crippen LogP contribution in [0.3, 0.4) is 0 Å². The van der Waals surface area contributed by atoms with Gasteiger partial charge in [-0.05, 0) is 55.9 Å². The van der Waals surface area contributed by atoms with Gasteiger partial charge in [0.15, 0.2) is 5.84 Å². The van der Waals surface area contributed by atoms with Crippen molar-refractivity contribution in [2.24, 2.45) is 16.8 Å². The maximum Gasteiger partial charge on any atom is 0.154 e. The molecule has 34 heavy (non-hydrogen) atoms. The number of nitrogens with two attached hydrogens (primary N) is 1. The van der Waals surface area contributed by atoms with Gasteiger partial charge in [0.05, 0.1) is 23.2 Å². The second kappa shape index (κ2) is 10.2. The van der Waals surface area contributed by atoms with Gasteiger partial charge in [-0.15, -0.1) is 0 Å². The van der Waals surface area contributed by atoms with Crippen molar-refractivity contribution in [3.05, 3.63) is 77.1 Å². The molecule has 0 radical (unpaired) electrons. The Morgan fingerprint density at radius 2 is 2.03 bits per heavy atom. The number of hydrogen-bond acceptors (Lipinski definition) is 7. The predicted molar refractivity (Wildman–Crippen MR) is 141 cm³/mol. The van der Waals surface area contributed by atoms with E-state index in [2.05, 4.69) is 34.8 Å². The number of fused-ring (bicyclic) bond motifs is 1. The molecule has 2 unspecified atom stereocenters. The lowest BCUT2D eigenvalue weighted by Gasteiger charge is -2.29. The Hall–Kier alpha value is -3.42. The Labute approximate surface area is 201 Å². The highest BCUT2D eigenvalue weighted by molar-refractivity contribution is 6.11. The molecule has 0 amide bonds. The number of anilines is 2. The highest BCUT2D eigenvalue weighted by Gasteiger charge is 2.24. The van der Waals surface area contributed by atoms with Crippen LogP contribution in [0.2, 0.25) is 0 Å². The summed E-state index contributed by atoms with van der Waals surface area (Å²) in [5, 5.41) is 21.5. The van der Waals surface area contributed by atoms with Gasteiger partial charge < -0.3 is 26.2 Å². The second-order valence-electron chi connectivity index (χ2n) is 9.05. The number of benzene rings is 2. The molecule has 7 nitrogen and oxygen atoms in total. The lowest BCUT2D eigenvalue weighted by atomic mass is 10.0. The standard InChI is InChI=1S/C27H34N6O/c1-4-23(28)22-11-8-20(15-24(22)32-29)25-16-33-14-13-17(2)5-12-26(33)27(31-25)30-21-9-6-19(7-10-21)18(3)34/h6-12,15-18,28,32,34H,4-5,13-14,29H2,1-3H3,(H,30,31). The van der Waals surface area contributed by atoms with Crippen LogP contribution in [0.1, 0.15) is 62.8 Å². The molecule has 178 valence electrons. The van der Waals surface area contributed by atoms with Crippen molar-refractivity contribution >= 4 is 28.6 Å². The fraction of sp³-hybridized carbons (Fsp3) is 0.333. The van der Waals surface area contributed by atoms with Gasteiger partial charge in [0.2, 0.25) is 0 Å². The minimum atomic E-state index is -0.500. The third kappa shape index (κ3) is 5.05. The van der Waals surface area contributed by atoms with Gasteiger partial charge in [-0.3, -0.25) is 5.84 Å². The third-order valence-electron chi connectivity index (χ3n) is 6.44. The minimum Gasteiger partial charge on any atom is -0.389 e. The molecule has 0 aliphatic carbocycles. The molecule has 0 saturated heterocycles. The average Bonchev–Trinajstić information content (AvgIpc) is 3.05. The van der Waals surface area contributed by atoms with Crippen molar-refractivity contribution in [2.45, 2.75) is 46.1 Å². The van der Waals surface area contributed by atoms with Gasteiger partial charge in [-0.25, -0.2) is 4.99 Å². The van der Waals surface area contributed by atoms with Gasteiger partial charge in [0.25, 0.3) is 0 Å². The monoisotopic (exact) mass is 458 g/mol. The van der Waals surface area contributed by atoms with Crippen LogP contribution < -0.4 is 16.6 Å². The van der Waals surface area contributed by atoms with Crippen molar-refractivity contribution < 1.29 is 5.11 Å². The van der Waals surface area contributed by atoms with Gasteiger partial charge in [-0.1, -0.05) is 44.2 Å². The van der Waals surface area contributed by atoms with E-state index in [0.29, 0.717) is 18.1 Å². The molecule has 0 saturated carbocycles. The summed E-state index contributed by atoms with van der Waals surface area (Å²) in [5.74, 6) is 7.20. The lowest BCUT2D eigenvalue weighted by molar-refractivity contribution is 0.199. The third-order valence-corrected chi connectivity index (χ3v) is 6.44. The fourth-order valence-corrected chi connectivity index (χ4v) is 4.24. The average molecular weight is 459 g/mol. The Bertz CT molecular complexity index is 1150. The highest BCUT2D eigenvalue weighted by Crippen LogP contribution is 2.32. The van der Waals surface area contributed by atoms with Crippen LogP contribution in [-0.4, -0.2) is 28.1 Å². The Morgan fingerprint density at radius 1 is 1.26 bits per heavy atom. The number of hydrogen-bond donors (Lipinski definition) is 5. The first-order valence-corrected chi connectivity index (χ1v) is 11.9. The molecule has 0 bridgehead atoms. The van der Waals surface area contributed by atoms with Gasteiger partial charge in [0, 0.05) is 35.3 Å². The van der Waals surface area contributed by atoms with Crippen LogP contribution in [0.5, 0.6) is 0 Å². The van der Waals surface area contributed by atoms with Gasteiger partial charge >= 0.3 is 0 Å². The zero-order valence-electron chi connectivity index (χ0n) is 20.1. The van der Waals surface area contributed by atoms with E-state index in [1.807, 2.05) is 49.4 Å². The summed E-state index contributed by atoms with van der Waals surface area (Å²) in [7, 11) is 0. The summed E-state index contributed by atoms with van der Waals surface area (Å²) in [6.07, 6.45) is 6.61. The van der Waals surface area contributed by atoms with Crippen LogP contribution in [0.15, 0.2) is 65.4 Å². The Morgan fingerprint density at radius 3 is 2.71 bits per heavy atom. The van der Waals surface area contributed by atoms with E-state index in [1.54, 1.807) is 6.92 Å². The van der Waals surface area contributed by atoms with Crippen LogP contribution in [0.25, 0.3) is 5.70 Å². The molecular weight excluding hydrogens is 424 g/mol. The Kier molecular flexibility index (Phi) is 7.14. The van der Waals surface area contributed by atoms with Crippen molar-refractivity contribution in [3.63, 3.8) is 0 Å². The zero-order chi connectivity index (χ0) is 24.2. The molecule has 0 spiro atoms. The van der Waals surface area contributed by atoms with Crippen LogP contribution in [0, 0.1) is 11.3 Å². The van der Waals surface area contributed by atoms with Gasteiger partial charge in [-0.2, -0.15) is 0 Å². The number of aliphatic imine (C=N–C) groups is 1. The summed E-state index contributed by atoms with van der Waals surface area (Å²) < 4.78 is 0. The molecule has 2 aliphatic rings. The summed E-state index contributed by atoms with van der Waals surface area (Å²) in [6.45, 7) is 6.92. The summed E-state index contributed by atoms with van der Waals surface area (Å²) in [5.41, 5.74) is 9.44. The normalized spacial score (nSPS) is 18.7. The minimum absolute atomic E-state index is 0.500. The van der Waals surface area contributed by atoms with Crippen LogP contribution >= 0.6 is 0 Å². The molecular formula is C27H34N6O. The number of aliphatic hydroxyl groups excluding tert-OH is 1. The lowest BCUT2D eigenvalue weighted by Crippen LogP contribution is -2.30. The van der Waals surface area contributed by atoms with Crippen molar-refractivity contribution in [1.82, 2.24) is 4.90 Å². The molecule has 2 atom stereocenters. The fourth-order valence-electron chi connectivity index (χ4n) is 4.24. The zero-order valence-corrected chi connectivity index (χ0v) is 20.1. The van der Waals surface area contributed by atoms with Crippen molar-refractivity contribution in [2.75, 3.05) is 17.3 Å². The predicted octanol–water partition coefficient (Wildman–Crippen LogP) is 5.24. The van der Waals surface area contributed by atoms with Crippen LogP contribution in [0.4, 0.5) is 11.4 Å². The van der Waals surface area contributed by atoms with Crippen molar-refractivity contribution in [3.8, 4) is 0 Å². The summed E-state index contributed by atoms with van der Waals surface area (Å²) in [6, 6.07) is 13.7. The van der Waals surface area contributed by atoms with E-state index >= 15 is 0 Å². The maximum atomic E-state index is 9.82. The SMILES string of the molecule is CCC(=N)c1ccc(C2=CN3CCC(C)CC=C3C(Nc3ccc(C(C)O)cc3)=N2)cc1NN. The molecule has 0 fully saturated rings. The number of hydrazine groups is 1. The van der Waals surface area contributed by atoms with Crippen LogP contribution in [-0.2, 0) is 0 Å². The largest absolute Gasteiger partial charge is 0.389 e. The van der Waals surface area contributed by atoms with E-state index in [9.17, 15) is 5.11 Å². The molecule has 4 rings (SSSR count). The molecule has 2 aliphatic heterocycles. The van der Waals surface area contributed by atoms with E-state index < -0.39 is 6.10 Å². The first kappa shape index (κ1) is 23.7. The molecule has 6 N–H and O–H groups in total. The first-order valence-electron chi connectivity index (χ1n) is 11.9. The molecule has 2 aromatic rings. The Balaban J connectivity index is 1.72. The number of amidine groups is 1. The quantitative estimate of drug-likeness (QED) is 0.231. The molecule has 2 aromatic carbocycles. The number of rotatable bonds is 6. The molecule has 0 aromatic heterocycles. The van der Waals surface area contributed by atoms with E-state index in [0.717, 1.165) is 64.7 Å². The van der Waals surface area contributed by atoms with E-state index in [1.165, 1.54) is 0 Å². The smallest absolute Gasteiger partial charge is 0.154 e. The number of nitrogens with one attached hydrogen (secondary N) is 3. The first-order chi connectivity index (χ1) is 16.4. The second-order valence-corrected chi connectivity index (χ2v) is 9.05. The maximum absolute atomic E-state index is 9.82. The number of aliphatic hydroxyl groups is 1. The molecule has 2 heterocycles. The summed E-state index contributed by atoms with van der Waals surface area (Å²) >= 11 is 0. The topological polar surface area (TPSA) is 110 Å². The number of nitrogens with zero attached hydrogens (tertiary/aromatic N) is 2. The van der Waals surface area contributed by atoms with E-state index in [-0.39, 0.29) is 0 Å². The number of nitrogen functional groups attached to an aromatic ring is 1. The van der Waals surface area contributed by atoms with Gasteiger partial charge in [0.1, 0.15) is 0 Å². The molecule has 7 heteroatoms. The van der Waals surface area contributed by atoms with Crippen molar-refractivity contribution in [1.29, 1.82) is 5.41 Å². The summed E-state index contributed by atoms with van der Waals surface area (Å²) in [4.78, 5) is 7.28. The highest BCUT2D eigenvalue weighted by atomic mass is 16.3. The van der Waals surface area contributed by atoms with E-state index in [4.69, 9.17) is 16.2 Å². The number of allylic oxidation sites excluding steroid dienone is 1.